The Morgan fingerprint density at radius 3 is 3.00 bits per heavy atom. The van der Waals surface area contributed by atoms with E-state index in [-0.39, 0.29) is 12.5 Å². The molecular formula is C10H18N2O2. The van der Waals surface area contributed by atoms with E-state index in [9.17, 15) is 4.79 Å². The Hall–Kier alpha value is -0.610. The van der Waals surface area contributed by atoms with E-state index in [0.29, 0.717) is 18.5 Å². The molecule has 4 heteroatoms. The Kier molecular flexibility index (Phi) is 3.03. The number of hydrogen-bond donors (Lipinski definition) is 2. The Balaban J connectivity index is 1.91. The van der Waals surface area contributed by atoms with Crippen molar-refractivity contribution in [3.8, 4) is 0 Å². The summed E-state index contributed by atoms with van der Waals surface area (Å²) in [5.74, 6) is 0.641. The Labute approximate surface area is 84.3 Å². The number of aliphatic hydroxyl groups excluding tert-OH is 1. The molecule has 4 nitrogen and oxygen atoms in total. The molecule has 80 valence electrons. The van der Waals surface area contributed by atoms with Gasteiger partial charge in [-0.05, 0) is 25.2 Å². The Morgan fingerprint density at radius 1 is 1.50 bits per heavy atom. The lowest BCUT2D eigenvalue weighted by Gasteiger charge is -2.32. The van der Waals surface area contributed by atoms with E-state index in [1.54, 1.807) is 0 Å². The first-order chi connectivity index (χ1) is 6.81. The fourth-order valence-corrected chi connectivity index (χ4v) is 2.50. The van der Waals surface area contributed by atoms with Crippen LogP contribution < -0.4 is 5.32 Å². The second-order valence-corrected chi connectivity index (χ2v) is 4.28. The number of amides is 1. The molecule has 0 radical (unpaired) electrons. The number of piperazine rings is 1. The second kappa shape index (κ2) is 4.28. The van der Waals surface area contributed by atoms with Gasteiger partial charge in [0.25, 0.3) is 0 Å². The quantitative estimate of drug-likeness (QED) is 0.633. The average Bonchev–Trinajstić information content (AvgIpc) is 2.67. The summed E-state index contributed by atoms with van der Waals surface area (Å²) in [6, 6.07) is 0.391. The summed E-state index contributed by atoms with van der Waals surface area (Å²) in [5.41, 5.74) is 0. The number of carbonyl (C=O) groups excluding carboxylic acids is 1. The smallest absolute Gasteiger partial charge is 0.236 e. The van der Waals surface area contributed by atoms with Crippen molar-refractivity contribution in [1.29, 1.82) is 0 Å². The Bertz CT molecular complexity index is 220. The summed E-state index contributed by atoms with van der Waals surface area (Å²) in [7, 11) is 0. The first kappa shape index (κ1) is 9.93. The minimum atomic E-state index is 0.222. The molecule has 2 fully saturated rings. The number of rotatable bonds is 2. The summed E-state index contributed by atoms with van der Waals surface area (Å²) in [5, 5.41) is 12.1. The van der Waals surface area contributed by atoms with Crippen LogP contribution in [-0.4, -0.2) is 48.2 Å². The van der Waals surface area contributed by atoms with E-state index in [4.69, 9.17) is 5.11 Å². The van der Waals surface area contributed by atoms with E-state index in [0.717, 1.165) is 32.4 Å². The lowest BCUT2D eigenvalue weighted by Crippen LogP contribution is -2.51. The van der Waals surface area contributed by atoms with Gasteiger partial charge < -0.3 is 15.3 Å². The third kappa shape index (κ3) is 1.91. The zero-order chi connectivity index (χ0) is 9.97. The van der Waals surface area contributed by atoms with Gasteiger partial charge in [0.15, 0.2) is 0 Å². The highest BCUT2D eigenvalue weighted by Crippen LogP contribution is 2.29. The fraction of sp³-hybridized carbons (Fsp3) is 0.900. The van der Waals surface area contributed by atoms with E-state index in [1.165, 1.54) is 0 Å². The van der Waals surface area contributed by atoms with Gasteiger partial charge in [0.05, 0.1) is 6.54 Å². The largest absolute Gasteiger partial charge is 0.396 e. The maximum Gasteiger partial charge on any atom is 0.236 e. The second-order valence-electron chi connectivity index (χ2n) is 4.28. The van der Waals surface area contributed by atoms with Gasteiger partial charge in [0.2, 0.25) is 5.91 Å². The highest BCUT2D eigenvalue weighted by molar-refractivity contribution is 5.79. The average molecular weight is 198 g/mol. The van der Waals surface area contributed by atoms with Gasteiger partial charge in [-0.2, -0.15) is 0 Å². The van der Waals surface area contributed by atoms with Crippen molar-refractivity contribution < 1.29 is 9.90 Å². The van der Waals surface area contributed by atoms with Crippen molar-refractivity contribution >= 4 is 5.91 Å². The summed E-state index contributed by atoms with van der Waals surface area (Å²) in [4.78, 5) is 13.6. The van der Waals surface area contributed by atoms with Crippen molar-refractivity contribution in [2.24, 2.45) is 5.92 Å². The zero-order valence-corrected chi connectivity index (χ0v) is 8.41. The molecule has 0 aromatic carbocycles. The first-order valence-corrected chi connectivity index (χ1v) is 5.42. The number of nitrogens with one attached hydrogen (secondary N) is 1. The zero-order valence-electron chi connectivity index (χ0n) is 8.41. The molecule has 14 heavy (non-hydrogen) atoms. The van der Waals surface area contributed by atoms with Crippen LogP contribution in [0.2, 0.25) is 0 Å². The number of aliphatic hydroxyl groups is 1. The number of hydrogen-bond acceptors (Lipinski definition) is 3. The van der Waals surface area contributed by atoms with Crippen molar-refractivity contribution in [2.45, 2.75) is 25.3 Å². The highest BCUT2D eigenvalue weighted by Gasteiger charge is 2.32. The van der Waals surface area contributed by atoms with Crippen molar-refractivity contribution in [1.82, 2.24) is 10.2 Å². The van der Waals surface area contributed by atoms with Crippen LogP contribution in [0.5, 0.6) is 0 Å². The monoisotopic (exact) mass is 198 g/mol. The number of carbonyl (C=O) groups is 1. The molecule has 1 heterocycles. The predicted molar refractivity (Wildman–Crippen MR) is 52.8 cm³/mol. The third-order valence-corrected chi connectivity index (χ3v) is 3.34. The van der Waals surface area contributed by atoms with Crippen molar-refractivity contribution in [3.63, 3.8) is 0 Å². The maximum absolute atomic E-state index is 11.6. The van der Waals surface area contributed by atoms with E-state index in [2.05, 4.69) is 5.32 Å². The standard InChI is InChI=1S/C10H18N2O2/c13-7-8-1-2-9(5-8)12-4-3-11-6-10(12)14/h8-9,11,13H,1-7H2/t8-,9-/m1/s1. The topological polar surface area (TPSA) is 52.6 Å². The van der Waals surface area contributed by atoms with Crippen LogP contribution >= 0.6 is 0 Å². The molecule has 0 aromatic rings. The van der Waals surface area contributed by atoms with Crippen LogP contribution in [0.25, 0.3) is 0 Å². The maximum atomic E-state index is 11.6. The minimum absolute atomic E-state index is 0.222. The van der Waals surface area contributed by atoms with Gasteiger partial charge in [-0.1, -0.05) is 0 Å². The molecule has 1 aliphatic carbocycles. The van der Waals surface area contributed by atoms with Gasteiger partial charge in [0, 0.05) is 25.7 Å². The summed E-state index contributed by atoms with van der Waals surface area (Å²) < 4.78 is 0. The Morgan fingerprint density at radius 2 is 2.36 bits per heavy atom. The molecule has 2 atom stereocenters. The van der Waals surface area contributed by atoms with E-state index >= 15 is 0 Å². The summed E-state index contributed by atoms with van der Waals surface area (Å²) >= 11 is 0. The summed E-state index contributed by atoms with van der Waals surface area (Å²) in [6.45, 7) is 2.50. The van der Waals surface area contributed by atoms with Crippen LogP contribution in [0.15, 0.2) is 0 Å². The van der Waals surface area contributed by atoms with Gasteiger partial charge in [0.1, 0.15) is 0 Å². The molecule has 2 N–H and O–H groups in total. The molecule has 1 saturated heterocycles. The fourth-order valence-electron chi connectivity index (χ4n) is 2.50. The van der Waals surface area contributed by atoms with Crippen LogP contribution in [0.4, 0.5) is 0 Å². The van der Waals surface area contributed by atoms with Gasteiger partial charge >= 0.3 is 0 Å². The molecule has 2 aliphatic rings. The molecule has 0 spiro atoms. The molecule has 1 amide bonds. The minimum Gasteiger partial charge on any atom is -0.396 e. The molecule has 1 aliphatic heterocycles. The SMILES string of the molecule is O=C1CNCCN1[C@@H]1CC[C@@H](CO)C1. The van der Waals surface area contributed by atoms with Crippen molar-refractivity contribution in [3.05, 3.63) is 0 Å². The van der Waals surface area contributed by atoms with Gasteiger partial charge in [-0.25, -0.2) is 0 Å². The third-order valence-electron chi connectivity index (χ3n) is 3.34. The molecule has 2 rings (SSSR count). The lowest BCUT2D eigenvalue weighted by molar-refractivity contribution is -0.134. The predicted octanol–water partition coefficient (Wildman–Crippen LogP) is -0.421. The molecule has 1 saturated carbocycles. The summed E-state index contributed by atoms with van der Waals surface area (Å²) in [6.07, 6.45) is 3.12. The van der Waals surface area contributed by atoms with E-state index in [1.807, 2.05) is 4.90 Å². The lowest BCUT2D eigenvalue weighted by atomic mass is 10.1. The van der Waals surface area contributed by atoms with Crippen LogP contribution in [-0.2, 0) is 4.79 Å². The highest BCUT2D eigenvalue weighted by atomic mass is 16.3. The van der Waals surface area contributed by atoms with Gasteiger partial charge in [-0.3, -0.25) is 4.79 Å². The van der Waals surface area contributed by atoms with Crippen LogP contribution in [0.3, 0.4) is 0 Å². The van der Waals surface area contributed by atoms with Gasteiger partial charge in [-0.15, -0.1) is 0 Å². The molecule has 0 aromatic heterocycles. The number of nitrogens with zero attached hydrogens (tertiary/aromatic N) is 1. The normalized spacial score (nSPS) is 33.8. The van der Waals surface area contributed by atoms with E-state index < -0.39 is 0 Å². The first-order valence-electron chi connectivity index (χ1n) is 5.42. The molecule has 0 unspecified atom stereocenters. The van der Waals surface area contributed by atoms with Crippen LogP contribution in [0, 0.1) is 5.92 Å². The molecule has 0 bridgehead atoms. The molecular weight excluding hydrogens is 180 g/mol. The van der Waals surface area contributed by atoms with Crippen molar-refractivity contribution in [2.75, 3.05) is 26.2 Å². The van der Waals surface area contributed by atoms with Crippen LogP contribution in [0.1, 0.15) is 19.3 Å².